The van der Waals surface area contributed by atoms with E-state index in [0.717, 1.165) is 32.4 Å². The molecule has 19 heavy (non-hydrogen) atoms. The average Bonchev–Trinajstić information content (AvgIpc) is 2.93. The van der Waals surface area contributed by atoms with Gasteiger partial charge in [0.15, 0.2) is 5.69 Å². The van der Waals surface area contributed by atoms with Gasteiger partial charge < -0.3 is 15.4 Å². The molecule has 1 amide bonds. The van der Waals surface area contributed by atoms with E-state index in [0.29, 0.717) is 24.2 Å². The molecule has 6 nitrogen and oxygen atoms in total. The molecule has 0 saturated carbocycles. The summed E-state index contributed by atoms with van der Waals surface area (Å²) in [6, 6.07) is 3.43. The predicted octanol–water partition coefficient (Wildman–Crippen LogP) is 1.21. The third kappa shape index (κ3) is 4.17. The smallest absolute Gasteiger partial charge is 0.271 e. The van der Waals surface area contributed by atoms with Crippen molar-refractivity contribution in [2.24, 2.45) is 0 Å². The second-order valence-corrected chi connectivity index (χ2v) is 4.51. The second kappa shape index (κ2) is 7.04. The van der Waals surface area contributed by atoms with E-state index in [2.05, 4.69) is 20.8 Å². The lowest BCUT2D eigenvalue weighted by molar-refractivity contribution is 0.0902. The largest absolute Gasteiger partial charge is 0.378 e. The lowest BCUT2D eigenvalue weighted by atomic mass is 10.2. The molecule has 0 spiro atoms. The summed E-state index contributed by atoms with van der Waals surface area (Å²) in [7, 11) is 0. The van der Waals surface area contributed by atoms with Crippen molar-refractivity contribution < 1.29 is 9.53 Å². The summed E-state index contributed by atoms with van der Waals surface area (Å²) in [5.74, 6) is 0.493. The first-order valence-electron chi connectivity index (χ1n) is 6.77. The van der Waals surface area contributed by atoms with Crippen LogP contribution in [0.3, 0.4) is 0 Å². The minimum Gasteiger partial charge on any atom is -0.378 e. The maximum absolute atomic E-state index is 11.8. The minimum atomic E-state index is -0.187. The fourth-order valence-corrected chi connectivity index (χ4v) is 2.04. The Balaban J connectivity index is 1.75. The van der Waals surface area contributed by atoms with E-state index in [-0.39, 0.29) is 5.91 Å². The molecule has 104 valence electrons. The van der Waals surface area contributed by atoms with Crippen LogP contribution in [0, 0.1) is 0 Å². The van der Waals surface area contributed by atoms with Crippen LogP contribution in [-0.4, -0.2) is 41.9 Å². The van der Waals surface area contributed by atoms with Crippen molar-refractivity contribution in [3.05, 3.63) is 17.8 Å². The summed E-state index contributed by atoms with van der Waals surface area (Å²) in [6.45, 7) is 4.21. The monoisotopic (exact) mass is 264 g/mol. The minimum absolute atomic E-state index is 0.187. The molecular weight excluding hydrogens is 244 g/mol. The number of aromatic nitrogens is 2. The highest BCUT2D eigenvalue weighted by Crippen LogP contribution is 2.14. The highest BCUT2D eigenvalue weighted by molar-refractivity contribution is 5.92. The molecular formula is C13H20N4O2. The van der Waals surface area contributed by atoms with Crippen LogP contribution in [0.2, 0.25) is 0 Å². The van der Waals surface area contributed by atoms with Crippen LogP contribution in [0.25, 0.3) is 0 Å². The molecule has 1 aromatic heterocycles. The third-order valence-electron chi connectivity index (χ3n) is 3.03. The first-order valence-corrected chi connectivity index (χ1v) is 6.77. The van der Waals surface area contributed by atoms with E-state index in [4.69, 9.17) is 4.74 Å². The van der Waals surface area contributed by atoms with Crippen molar-refractivity contribution in [2.45, 2.75) is 32.3 Å². The molecule has 1 aliphatic rings. The summed E-state index contributed by atoms with van der Waals surface area (Å²) in [5, 5.41) is 13.7. The number of nitrogens with zero attached hydrogens (tertiary/aromatic N) is 2. The fraction of sp³-hybridized carbons (Fsp3) is 0.615. The zero-order chi connectivity index (χ0) is 13.5. The number of carbonyl (C=O) groups is 1. The van der Waals surface area contributed by atoms with Crippen LogP contribution in [0.1, 0.15) is 36.7 Å². The second-order valence-electron chi connectivity index (χ2n) is 4.51. The Bertz CT molecular complexity index is 402. The molecule has 1 unspecified atom stereocenters. The number of amides is 1. The molecule has 2 heterocycles. The van der Waals surface area contributed by atoms with Crippen LogP contribution in [0.4, 0.5) is 5.82 Å². The van der Waals surface area contributed by atoms with E-state index < -0.39 is 0 Å². The molecule has 1 aliphatic heterocycles. The third-order valence-corrected chi connectivity index (χ3v) is 3.03. The molecule has 2 N–H and O–H groups in total. The number of anilines is 1. The van der Waals surface area contributed by atoms with Gasteiger partial charge in [-0.15, -0.1) is 10.2 Å². The summed E-state index contributed by atoms with van der Waals surface area (Å²) >= 11 is 0. The molecule has 1 saturated heterocycles. The van der Waals surface area contributed by atoms with Gasteiger partial charge >= 0.3 is 0 Å². The Morgan fingerprint density at radius 1 is 1.47 bits per heavy atom. The normalized spacial score (nSPS) is 18.3. The maximum atomic E-state index is 11.8. The van der Waals surface area contributed by atoms with Gasteiger partial charge in [0, 0.05) is 19.7 Å². The number of carbonyl (C=O) groups excluding carboxylic acids is 1. The van der Waals surface area contributed by atoms with Crippen molar-refractivity contribution in [1.82, 2.24) is 15.5 Å². The van der Waals surface area contributed by atoms with Gasteiger partial charge in [-0.1, -0.05) is 0 Å². The van der Waals surface area contributed by atoms with Crippen LogP contribution in [-0.2, 0) is 4.74 Å². The molecule has 1 atom stereocenters. The summed E-state index contributed by atoms with van der Waals surface area (Å²) in [4.78, 5) is 11.8. The van der Waals surface area contributed by atoms with Gasteiger partial charge in [-0.05, 0) is 38.3 Å². The van der Waals surface area contributed by atoms with Crippen LogP contribution in [0.15, 0.2) is 12.1 Å². The number of rotatable bonds is 6. The molecule has 0 bridgehead atoms. The first kappa shape index (κ1) is 13.7. The number of hydrogen-bond donors (Lipinski definition) is 2. The van der Waals surface area contributed by atoms with Crippen LogP contribution >= 0.6 is 0 Å². The van der Waals surface area contributed by atoms with E-state index >= 15 is 0 Å². The number of nitrogens with one attached hydrogen (secondary N) is 2. The molecule has 0 aromatic carbocycles. The van der Waals surface area contributed by atoms with Crippen molar-refractivity contribution in [3.8, 4) is 0 Å². The Labute approximate surface area is 112 Å². The molecule has 0 radical (unpaired) electrons. The average molecular weight is 264 g/mol. The highest BCUT2D eigenvalue weighted by atomic mass is 16.5. The van der Waals surface area contributed by atoms with Gasteiger partial charge in [0.2, 0.25) is 0 Å². The molecule has 0 aliphatic carbocycles. The van der Waals surface area contributed by atoms with E-state index in [9.17, 15) is 4.79 Å². The van der Waals surface area contributed by atoms with E-state index in [1.165, 1.54) is 0 Å². The highest BCUT2D eigenvalue weighted by Gasteiger charge is 2.15. The SMILES string of the molecule is CCNc1ccc(C(=O)NCCC2CCCO2)nn1. The van der Waals surface area contributed by atoms with Crippen molar-refractivity contribution in [3.63, 3.8) is 0 Å². The van der Waals surface area contributed by atoms with Gasteiger partial charge in [0.25, 0.3) is 5.91 Å². The van der Waals surface area contributed by atoms with E-state index in [1.54, 1.807) is 12.1 Å². The molecule has 6 heteroatoms. The fourth-order valence-electron chi connectivity index (χ4n) is 2.04. The zero-order valence-electron chi connectivity index (χ0n) is 11.2. The van der Waals surface area contributed by atoms with Crippen LogP contribution in [0.5, 0.6) is 0 Å². The van der Waals surface area contributed by atoms with Crippen molar-refractivity contribution >= 4 is 11.7 Å². The summed E-state index contributed by atoms with van der Waals surface area (Å²) in [5.41, 5.74) is 0.342. The van der Waals surface area contributed by atoms with Crippen molar-refractivity contribution in [2.75, 3.05) is 25.0 Å². The Morgan fingerprint density at radius 2 is 2.37 bits per heavy atom. The van der Waals surface area contributed by atoms with Crippen molar-refractivity contribution in [1.29, 1.82) is 0 Å². The summed E-state index contributed by atoms with van der Waals surface area (Å²) in [6.07, 6.45) is 3.36. The Morgan fingerprint density at radius 3 is 3.00 bits per heavy atom. The molecule has 2 rings (SSSR count). The zero-order valence-corrected chi connectivity index (χ0v) is 11.2. The standard InChI is InChI=1S/C13H20N4O2/c1-2-14-12-6-5-11(16-17-12)13(18)15-8-7-10-4-3-9-19-10/h5-6,10H,2-4,7-9H2,1H3,(H,14,17)(H,15,18). The summed E-state index contributed by atoms with van der Waals surface area (Å²) < 4.78 is 5.50. The first-order chi connectivity index (χ1) is 9.29. The van der Waals surface area contributed by atoms with Crippen LogP contribution < -0.4 is 10.6 Å². The lowest BCUT2D eigenvalue weighted by Gasteiger charge is -2.09. The predicted molar refractivity (Wildman–Crippen MR) is 72.1 cm³/mol. The number of hydrogen-bond acceptors (Lipinski definition) is 5. The Hall–Kier alpha value is -1.69. The quantitative estimate of drug-likeness (QED) is 0.807. The lowest BCUT2D eigenvalue weighted by Crippen LogP contribution is -2.28. The topological polar surface area (TPSA) is 76.1 Å². The van der Waals surface area contributed by atoms with Gasteiger partial charge in [-0.2, -0.15) is 0 Å². The Kier molecular flexibility index (Phi) is 5.09. The van der Waals surface area contributed by atoms with E-state index in [1.807, 2.05) is 6.92 Å². The molecule has 1 fully saturated rings. The van der Waals surface area contributed by atoms with Gasteiger partial charge in [0.1, 0.15) is 5.82 Å². The maximum Gasteiger partial charge on any atom is 0.271 e. The van der Waals surface area contributed by atoms with Gasteiger partial charge in [-0.3, -0.25) is 4.79 Å². The molecule has 1 aromatic rings. The number of ether oxygens (including phenoxy) is 1. The van der Waals surface area contributed by atoms with Gasteiger partial charge in [0.05, 0.1) is 6.10 Å². The van der Waals surface area contributed by atoms with Gasteiger partial charge in [-0.25, -0.2) is 0 Å².